The lowest BCUT2D eigenvalue weighted by molar-refractivity contribution is 0.885. The van der Waals surface area contributed by atoms with Crippen molar-refractivity contribution in [1.29, 1.82) is 0 Å². The first-order valence-corrected chi connectivity index (χ1v) is 7.63. The van der Waals surface area contributed by atoms with Crippen LogP contribution in [0, 0.1) is 0 Å². The van der Waals surface area contributed by atoms with Crippen LogP contribution in [0.15, 0.2) is 30.3 Å². The molecule has 0 saturated heterocycles. The number of rotatable bonds is 3. The molecule has 2 aromatic rings. The average Bonchev–Trinajstić information content (AvgIpc) is 2.35. The van der Waals surface area contributed by atoms with Gasteiger partial charge < -0.3 is 5.32 Å². The van der Waals surface area contributed by atoms with Crippen molar-refractivity contribution in [3.05, 3.63) is 61.0 Å². The Labute approximate surface area is 142 Å². The molecule has 6 heteroatoms. The van der Waals surface area contributed by atoms with E-state index >= 15 is 0 Å². The summed E-state index contributed by atoms with van der Waals surface area (Å²) in [6.07, 6.45) is 0. The van der Waals surface area contributed by atoms with E-state index in [1.165, 1.54) is 0 Å². The predicted octanol–water partition coefficient (Wildman–Crippen LogP) is 7.13. The molecule has 0 aliphatic rings. The molecule has 1 atom stereocenters. The van der Waals surface area contributed by atoms with E-state index in [9.17, 15) is 0 Å². The summed E-state index contributed by atoms with van der Waals surface area (Å²) in [6, 6.07) is 8.59. The number of halogens is 5. The van der Waals surface area contributed by atoms with Gasteiger partial charge in [-0.15, -0.1) is 0 Å². The second kappa shape index (κ2) is 6.64. The largest absolute Gasteiger partial charge is 0.377 e. The van der Waals surface area contributed by atoms with Crippen molar-refractivity contribution < 1.29 is 0 Å². The summed E-state index contributed by atoms with van der Waals surface area (Å²) < 4.78 is 0. The van der Waals surface area contributed by atoms with Crippen molar-refractivity contribution in [2.75, 3.05) is 5.32 Å². The summed E-state index contributed by atoms with van der Waals surface area (Å²) in [6.45, 7) is 1.97. The molecule has 0 aromatic heterocycles. The van der Waals surface area contributed by atoms with Gasteiger partial charge in [0.1, 0.15) is 0 Å². The van der Waals surface area contributed by atoms with Crippen molar-refractivity contribution in [2.45, 2.75) is 13.0 Å². The first-order valence-electron chi connectivity index (χ1n) is 5.74. The van der Waals surface area contributed by atoms with Gasteiger partial charge in [0.25, 0.3) is 0 Å². The van der Waals surface area contributed by atoms with Crippen LogP contribution < -0.4 is 5.32 Å². The molecule has 0 saturated carbocycles. The van der Waals surface area contributed by atoms with E-state index < -0.39 is 0 Å². The van der Waals surface area contributed by atoms with E-state index in [-0.39, 0.29) is 6.04 Å². The zero-order chi connectivity index (χ0) is 14.9. The van der Waals surface area contributed by atoms with E-state index in [0.717, 1.165) is 5.56 Å². The van der Waals surface area contributed by atoms with Crippen LogP contribution in [0.3, 0.4) is 0 Å². The molecule has 106 valence electrons. The second-order valence-corrected chi connectivity index (χ2v) is 6.34. The van der Waals surface area contributed by atoms with Gasteiger partial charge in [0.05, 0.1) is 26.8 Å². The quantitative estimate of drug-likeness (QED) is 0.568. The van der Waals surface area contributed by atoms with Gasteiger partial charge >= 0.3 is 0 Å². The zero-order valence-corrected chi connectivity index (χ0v) is 14.1. The molecule has 2 aromatic carbocycles. The van der Waals surface area contributed by atoms with Crippen LogP contribution in [0.4, 0.5) is 5.69 Å². The van der Waals surface area contributed by atoms with E-state index in [4.69, 9.17) is 58.0 Å². The van der Waals surface area contributed by atoms with Crippen LogP contribution in [0.5, 0.6) is 0 Å². The number of benzene rings is 2. The van der Waals surface area contributed by atoms with Gasteiger partial charge in [0.2, 0.25) is 0 Å². The Morgan fingerprint density at radius 1 is 0.800 bits per heavy atom. The number of nitrogens with one attached hydrogen (secondary N) is 1. The first-order chi connectivity index (χ1) is 9.38. The fraction of sp³-hybridized carbons (Fsp3) is 0.143. The maximum Gasteiger partial charge on any atom is 0.0653 e. The summed E-state index contributed by atoms with van der Waals surface area (Å²) in [5.74, 6) is 0. The minimum absolute atomic E-state index is 0.0606. The van der Waals surface area contributed by atoms with Crippen LogP contribution in [0.1, 0.15) is 18.5 Å². The third kappa shape index (κ3) is 3.66. The van der Waals surface area contributed by atoms with Crippen LogP contribution in [-0.4, -0.2) is 0 Å². The van der Waals surface area contributed by atoms with Crippen LogP contribution >= 0.6 is 58.0 Å². The molecule has 0 spiro atoms. The van der Waals surface area contributed by atoms with Gasteiger partial charge in [0, 0.05) is 10.0 Å². The molecule has 0 fully saturated rings. The Hall–Kier alpha value is -0.310. The molecule has 0 aliphatic carbocycles. The monoisotopic (exact) mass is 367 g/mol. The summed E-state index contributed by atoms with van der Waals surface area (Å²) in [5.41, 5.74) is 1.61. The highest BCUT2D eigenvalue weighted by Gasteiger charge is 2.13. The van der Waals surface area contributed by atoms with Crippen LogP contribution in [-0.2, 0) is 0 Å². The highest BCUT2D eigenvalue weighted by atomic mass is 35.5. The fourth-order valence-electron chi connectivity index (χ4n) is 1.80. The van der Waals surface area contributed by atoms with Crippen LogP contribution in [0.2, 0.25) is 25.1 Å². The van der Waals surface area contributed by atoms with Crippen LogP contribution in [0.25, 0.3) is 0 Å². The normalized spacial score (nSPS) is 12.3. The van der Waals surface area contributed by atoms with Gasteiger partial charge in [-0.3, -0.25) is 0 Å². The standard InChI is InChI=1S/C14H10Cl5N/c1-7(9-3-2-8(15)4-10(9)16)20-14-6-12(18)11(17)5-13(14)19/h2-7,20H,1H3. The SMILES string of the molecule is CC(Nc1cc(Cl)c(Cl)cc1Cl)c1ccc(Cl)cc1Cl. The smallest absolute Gasteiger partial charge is 0.0653 e. The molecular formula is C14H10Cl5N. The van der Waals surface area contributed by atoms with Crippen molar-refractivity contribution in [1.82, 2.24) is 0 Å². The average molecular weight is 370 g/mol. The first kappa shape index (κ1) is 16.1. The summed E-state index contributed by atoms with van der Waals surface area (Å²) in [5, 5.41) is 5.79. The van der Waals surface area contributed by atoms with Gasteiger partial charge in [-0.05, 0) is 36.8 Å². The lowest BCUT2D eigenvalue weighted by Gasteiger charge is -2.18. The highest BCUT2D eigenvalue weighted by Crippen LogP contribution is 2.35. The van der Waals surface area contributed by atoms with Crippen molar-refractivity contribution in [2.24, 2.45) is 0 Å². The maximum absolute atomic E-state index is 6.18. The van der Waals surface area contributed by atoms with Crippen molar-refractivity contribution in [3.8, 4) is 0 Å². The van der Waals surface area contributed by atoms with Gasteiger partial charge in [-0.1, -0.05) is 64.1 Å². The van der Waals surface area contributed by atoms with E-state index in [2.05, 4.69) is 5.32 Å². The zero-order valence-electron chi connectivity index (χ0n) is 10.4. The molecule has 1 nitrogen and oxygen atoms in total. The Morgan fingerprint density at radius 2 is 1.45 bits per heavy atom. The highest BCUT2D eigenvalue weighted by molar-refractivity contribution is 6.44. The molecule has 2 rings (SSSR count). The minimum Gasteiger partial charge on any atom is -0.377 e. The minimum atomic E-state index is -0.0606. The third-order valence-corrected chi connectivity index (χ3v) is 4.41. The number of hydrogen-bond donors (Lipinski definition) is 1. The third-order valence-electron chi connectivity index (χ3n) is 2.81. The van der Waals surface area contributed by atoms with Crippen molar-refractivity contribution >= 4 is 63.7 Å². The summed E-state index contributed by atoms with van der Waals surface area (Å²) >= 11 is 30.1. The molecule has 0 radical (unpaired) electrons. The molecular weight excluding hydrogens is 359 g/mol. The fourth-order valence-corrected chi connectivity index (χ4v) is 2.97. The Morgan fingerprint density at radius 3 is 2.10 bits per heavy atom. The predicted molar refractivity (Wildman–Crippen MR) is 90.0 cm³/mol. The number of hydrogen-bond acceptors (Lipinski definition) is 1. The molecule has 0 bridgehead atoms. The molecule has 20 heavy (non-hydrogen) atoms. The molecule has 0 heterocycles. The number of anilines is 1. The van der Waals surface area contributed by atoms with Gasteiger partial charge in [-0.25, -0.2) is 0 Å². The molecule has 0 amide bonds. The molecule has 1 N–H and O–H groups in total. The van der Waals surface area contributed by atoms with Crippen molar-refractivity contribution in [3.63, 3.8) is 0 Å². The lowest BCUT2D eigenvalue weighted by Crippen LogP contribution is -2.07. The Balaban J connectivity index is 2.27. The van der Waals surface area contributed by atoms with E-state index in [1.807, 2.05) is 13.0 Å². The summed E-state index contributed by atoms with van der Waals surface area (Å²) in [4.78, 5) is 0. The topological polar surface area (TPSA) is 12.0 Å². The second-order valence-electron chi connectivity index (χ2n) is 4.28. The Kier molecular flexibility index (Phi) is 5.33. The van der Waals surface area contributed by atoms with E-state index in [1.54, 1.807) is 24.3 Å². The van der Waals surface area contributed by atoms with Gasteiger partial charge in [-0.2, -0.15) is 0 Å². The van der Waals surface area contributed by atoms with E-state index in [0.29, 0.717) is 30.8 Å². The lowest BCUT2D eigenvalue weighted by atomic mass is 10.1. The molecule has 0 aliphatic heterocycles. The van der Waals surface area contributed by atoms with Gasteiger partial charge in [0.15, 0.2) is 0 Å². The Bertz CT molecular complexity index is 642. The molecule has 1 unspecified atom stereocenters. The summed E-state index contributed by atoms with van der Waals surface area (Å²) in [7, 11) is 0. The maximum atomic E-state index is 6.18.